The van der Waals surface area contributed by atoms with Crippen molar-refractivity contribution in [2.45, 2.75) is 6.54 Å². The Morgan fingerprint density at radius 1 is 0.943 bits per heavy atom. The van der Waals surface area contributed by atoms with Gasteiger partial charge in [-0.1, -0.05) is 36.4 Å². The van der Waals surface area contributed by atoms with Gasteiger partial charge < -0.3 is 19.5 Å². The van der Waals surface area contributed by atoms with E-state index in [9.17, 15) is 4.79 Å². The van der Waals surface area contributed by atoms with Crippen molar-refractivity contribution in [2.75, 3.05) is 42.5 Å². The maximum atomic E-state index is 12.5. The van der Waals surface area contributed by atoms with Crippen LogP contribution in [0.3, 0.4) is 0 Å². The van der Waals surface area contributed by atoms with Gasteiger partial charge in [-0.2, -0.15) is 5.10 Å². The van der Waals surface area contributed by atoms with Crippen LogP contribution in [0.25, 0.3) is 22.0 Å². The van der Waals surface area contributed by atoms with Crippen molar-refractivity contribution < 1.29 is 9.21 Å². The summed E-state index contributed by atoms with van der Waals surface area (Å²) in [6.07, 6.45) is 3.40. The third-order valence-electron chi connectivity index (χ3n) is 6.37. The van der Waals surface area contributed by atoms with E-state index in [0.29, 0.717) is 24.4 Å². The number of para-hydroxylation sites is 2. The molecule has 1 N–H and O–H groups in total. The topological polar surface area (TPSA) is 92.3 Å². The van der Waals surface area contributed by atoms with E-state index in [1.807, 2.05) is 36.5 Å². The Labute approximate surface area is 202 Å². The number of carbonyl (C=O) groups excluding carboxylic acids is 1. The SMILES string of the molecule is O=C(NCCn1ncc2c(N3CCN(c4ccccc4)CC3)ncnc21)c1cc2ccccc2o1. The van der Waals surface area contributed by atoms with Gasteiger partial charge in [-0.3, -0.25) is 4.79 Å². The van der Waals surface area contributed by atoms with Gasteiger partial charge in [-0.25, -0.2) is 14.6 Å². The Balaban J connectivity index is 1.11. The van der Waals surface area contributed by atoms with Crippen LogP contribution in [0.2, 0.25) is 0 Å². The third-order valence-corrected chi connectivity index (χ3v) is 6.37. The van der Waals surface area contributed by atoms with Gasteiger partial charge in [0.05, 0.1) is 18.1 Å². The number of nitrogens with one attached hydrogen (secondary N) is 1. The van der Waals surface area contributed by atoms with Gasteiger partial charge in [0.2, 0.25) is 0 Å². The highest BCUT2D eigenvalue weighted by Crippen LogP contribution is 2.25. The molecule has 0 bridgehead atoms. The maximum Gasteiger partial charge on any atom is 0.287 e. The highest BCUT2D eigenvalue weighted by atomic mass is 16.3. The molecule has 1 fully saturated rings. The molecule has 0 aliphatic carbocycles. The second-order valence-corrected chi connectivity index (χ2v) is 8.52. The molecule has 9 nitrogen and oxygen atoms in total. The molecule has 6 rings (SSSR count). The van der Waals surface area contributed by atoms with Crippen LogP contribution >= 0.6 is 0 Å². The number of rotatable bonds is 6. The van der Waals surface area contributed by atoms with E-state index in [-0.39, 0.29) is 5.91 Å². The van der Waals surface area contributed by atoms with Crippen molar-refractivity contribution in [1.82, 2.24) is 25.1 Å². The van der Waals surface area contributed by atoms with Crippen molar-refractivity contribution in [1.29, 1.82) is 0 Å². The molecule has 9 heteroatoms. The van der Waals surface area contributed by atoms with E-state index in [1.54, 1.807) is 17.1 Å². The summed E-state index contributed by atoms with van der Waals surface area (Å²) >= 11 is 0. The number of amides is 1. The molecule has 4 heterocycles. The van der Waals surface area contributed by atoms with Crippen molar-refractivity contribution in [2.24, 2.45) is 0 Å². The lowest BCUT2D eigenvalue weighted by atomic mass is 10.2. The fourth-order valence-corrected chi connectivity index (χ4v) is 4.57. The minimum Gasteiger partial charge on any atom is -0.451 e. The summed E-state index contributed by atoms with van der Waals surface area (Å²) in [6, 6.07) is 19.8. The van der Waals surface area contributed by atoms with Crippen molar-refractivity contribution >= 4 is 39.4 Å². The van der Waals surface area contributed by atoms with Gasteiger partial charge in [0, 0.05) is 43.8 Å². The Hall–Kier alpha value is -4.40. The number of piperazine rings is 1. The highest BCUT2D eigenvalue weighted by molar-refractivity contribution is 5.96. The number of nitrogens with zero attached hydrogens (tertiary/aromatic N) is 6. The van der Waals surface area contributed by atoms with Crippen LogP contribution in [0.1, 0.15) is 10.6 Å². The summed E-state index contributed by atoms with van der Waals surface area (Å²) in [7, 11) is 0. The Kier molecular flexibility index (Phi) is 5.50. The van der Waals surface area contributed by atoms with E-state index in [2.05, 4.69) is 54.4 Å². The summed E-state index contributed by atoms with van der Waals surface area (Å²) in [6.45, 7) is 4.50. The van der Waals surface area contributed by atoms with E-state index >= 15 is 0 Å². The monoisotopic (exact) mass is 467 g/mol. The zero-order chi connectivity index (χ0) is 23.6. The first kappa shape index (κ1) is 21.2. The third kappa shape index (κ3) is 4.16. The number of aromatic nitrogens is 4. The minimum absolute atomic E-state index is 0.246. The standard InChI is InChI=1S/C26H25N7O2/c34-26(23-16-19-6-4-5-9-22(19)35-23)27-10-11-33-25-21(17-30-33)24(28-18-29-25)32-14-12-31(13-15-32)20-7-2-1-3-8-20/h1-9,16-18H,10-15H2,(H,27,34). The number of carbonyl (C=O) groups is 1. The number of fused-ring (bicyclic) bond motifs is 2. The molecule has 1 amide bonds. The van der Waals surface area contributed by atoms with Crippen molar-refractivity contribution in [3.63, 3.8) is 0 Å². The van der Waals surface area contributed by atoms with E-state index in [4.69, 9.17) is 4.42 Å². The van der Waals surface area contributed by atoms with E-state index in [1.165, 1.54) is 5.69 Å². The molecule has 0 unspecified atom stereocenters. The molecule has 5 aromatic rings. The summed E-state index contributed by atoms with van der Waals surface area (Å²) in [5.74, 6) is 0.959. The highest BCUT2D eigenvalue weighted by Gasteiger charge is 2.21. The summed E-state index contributed by atoms with van der Waals surface area (Å²) < 4.78 is 7.45. The molecule has 0 saturated carbocycles. The smallest absolute Gasteiger partial charge is 0.287 e. The lowest BCUT2D eigenvalue weighted by Gasteiger charge is -2.36. The van der Waals surface area contributed by atoms with Crippen LogP contribution in [0.4, 0.5) is 11.5 Å². The largest absolute Gasteiger partial charge is 0.451 e. The zero-order valence-corrected chi connectivity index (χ0v) is 19.2. The van der Waals surface area contributed by atoms with E-state index in [0.717, 1.165) is 48.4 Å². The molecule has 1 aliphatic heterocycles. The van der Waals surface area contributed by atoms with E-state index < -0.39 is 0 Å². The quantitative estimate of drug-likeness (QED) is 0.410. The minimum atomic E-state index is -0.246. The van der Waals surface area contributed by atoms with Crippen LogP contribution < -0.4 is 15.1 Å². The average Bonchev–Trinajstić information content (AvgIpc) is 3.54. The van der Waals surface area contributed by atoms with Gasteiger partial charge in [0.15, 0.2) is 11.4 Å². The molecule has 0 atom stereocenters. The van der Waals surface area contributed by atoms with Crippen LogP contribution in [-0.2, 0) is 6.54 Å². The molecule has 35 heavy (non-hydrogen) atoms. The second kappa shape index (κ2) is 9.09. The lowest BCUT2D eigenvalue weighted by Crippen LogP contribution is -2.46. The predicted octanol–water partition coefficient (Wildman–Crippen LogP) is 3.33. The Bertz CT molecular complexity index is 1440. The van der Waals surface area contributed by atoms with Gasteiger partial charge >= 0.3 is 0 Å². The molecule has 3 aromatic heterocycles. The van der Waals surface area contributed by atoms with Gasteiger partial charge in [0.1, 0.15) is 17.7 Å². The van der Waals surface area contributed by atoms with Crippen LogP contribution in [0.5, 0.6) is 0 Å². The Morgan fingerprint density at radius 2 is 1.71 bits per heavy atom. The number of hydrogen-bond acceptors (Lipinski definition) is 7. The van der Waals surface area contributed by atoms with Crippen LogP contribution in [0.15, 0.2) is 77.6 Å². The Morgan fingerprint density at radius 3 is 2.54 bits per heavy atom. The zero-order valence-electron chi connectivity index (χ0n) is 19.2. The first-order valence-corrected chi connectivity index (χ1v) is 11.7. The first-order valence-electron chi connectivity index (χ1n) is 11.7. The second-order valence-electron chi connectivity index (χ2n) is 8.52. The summed E-state index contributed by atoms with van der Waals surface area (Å²) in [4.78, 5) is 26.2. The van der Waals surface area contributed by atoms with Gasteiger partial charge in [-0.15, -0.1) is 0 Å². The van der Waals surface area contributed by atoms with Crippen molar-refractivity contribution in [3.8, 4) is 0 Å². The number of hydrogen-bond donors (Lipinski definition) is 1. The lowest BCUT2D eigenvalue weighted by molar-refractivity contribution is 0.0926. The van der Waals surface area contributed by atoms with Crippen molar-refractivity contribution in [3.05, 3.63) is 78.9 Å². The molecule has 1 saturated heterocycles. The molecular formula is C26H25N7O2. The van der Waals surface area contributed by atoms with Crippen LogP contribution in [-0.4, -0.2) is 58.4 Å². The molecule has 2 aromatic carbocycles. The number of benzene rings is 2. The van der Waals surface area contributed by atoms with Gasteiger partial charge in [0.25, 0.3) is 5.91 Å². The summed E-state index contributed by atoms with van der Waals surface area (Å²) in [5, 5.41) is 9.26. The van der Waals surface area contributed by atoms with Gasteiger partial charge in [-0.05, 0) is 24.3 Å². The van der Waals surface area contributed by atoms with Crippen LogP contribution in [0, 0.1) is 0 Å². The number of anilines is 2. The normalized spacial score (nSPS) is 14.1. The fraction of sp³-hybridized carbons (Fsp3) is 0.231. The summed E-state index contributed by atoms with van der Waals surface area (Å²) in [5.41, 5.74) is 2.71. The molecule has 1 aliphatic rings. The molecular weight excluding hydrogens is 442 g/mol. The molecule has 176 valence electrons. The molecule has 0 radical (unpaired) electrons. The average molecular weight is 468 g/mol. The predicted molar refractivity (Wildman–Crippen MR) is 135 cm³/mol. The maximum absolute atomic E-state index is 12.5. The fourth-order valence-electron chi connectivity index (χ4n) is 4.57. The molecule has 0 spiro atoms. The first-order chi connectivity index (χ1) is 17.3. The number of furan rings is 1.